The van der Waals surface area contributed by atoms with Crippen molar-refractivity contribution in [2.45, 2.75) is 49.6 Å². The molecule has 3 aliphatic rings. The molecule has 9 nitrogen and oxygen atoms in total. The van der Waals surface area contributed by atoms with Crippen molar-refractivity contribution in [2.24, 2.45) is 5.92 Å². The number of fused-ring (bicyclic) bond motifs is 1. The highest BCUT2D eigenvalue weighted by Crippen LogP contribution is 2.36. The highest BCUT2D eigenvalue weighted by atomic mass is 32.2. The van der Waals surface area contributed by atoms with Gasteiger partial charge in [0.25, 0.3) is 0 Å². The van der Waals surface area contributed by atoms with E-state index in [0.29, 0.717) is 32.0 Å². The van der Waals surface area contributed by atoms with Crippen LogP contribution in [0.4, 0.5) is 0 Å². The third kappa shape index (κ3) is 4.17. The lowest BCUT2D eigenvalue weighted by Gasteiger charge is -2.32. The van der Waals surface area contributed by atoms with Crippen LogP contribution >= 0.6 is 0 Å². The number of nitrogens with one attached hydrogen (secondary N) is 1. The number of amides is 1. The van der Waals surface area contributed by atoms with Gasteiger partial charge in [-0.15, -0.1) is 0 Å². The summed E-state index contributed by atoms with van der Waals surface area (Å²) in [6.07, 6.45) is 6.01. The summed E-state index contributed by atoms with van der Waals surface area (Å²) in [6.45, 7) is 3.46. The Kier molecular flexibility index (Phi) is 5.47. The molecule has 0 saturated carbocycles. The van der Waals surface area contributed by atoms with Crippen molar-refractivity contribution in [1.29, 1.82) is 0 Å². The molecular weight excluding hydrogens is 370 g/mol. The third-order valence-corrected chi connectivity index (χ3v) is 8.28. The molecule has 10 heteroatoms. The lowest BCUT2D eigenvalue weighted by molar-refractivity contribution is -0.122. The fourth-order valence-corrected chi connectivity index (χ4v) is 6.92. The summed E-state index contributed by atoms with van der Waals surface area (Å²) in [5.41, 5.74) is 0. The normalized spacial score (nSPS) is 31.0. The molecule has 0 unspecified atom stereocenters. The van der Waals surface area contributed by atoms with E-state index >= 15 is 0 Å². The molecule has 3 saturated heterocycles. The van der Waals surface area contributed by atoms with Gasteiger partial charge >= 0.3 is 0 Å². The molecule has 0 spiro atoms. The molecule has 3 fully saturated rings. The number of hydrogen-bond acceptors (Lipinski definition) is 7. The van der Waals surface area contributed by atoms with E-state index in [-0.39, 0.29) is 28.9 Å². The molecule has 3 atom stereocenters. The van der Waals surface area contributed by atoms with Gasteiger partial charge in [-0.1, -0.05) is 0 Å². The van der Waals surface area contributed by atoms with E-state index in [9.17, 15) is 13.2 Å². The van der Waals surface area contributed by atoms with Crippen molar-refractivity contribution in [3.05, 3.63) is 12.7 Å². The van der Waals surface area contributed by atoms with Crippen molar-refractivity contribution in [1.82, 2.24) is 25.0 Å². The summed E-state index contributed by atoms with van der Waals surface area (Å²) < 4.78 is 32.3. The predicted octanol–water partition coefficient (Wildman–Crippen LogP) is -0.549. The zero-order chi connectivity index (χ0) is 18.9. The van der Waals surface area contributed by atoms with E-state index in [0.717, 1.165) is 32.6 Å². The van der Waals surface area contributed by atoms with Crippen molar-refractivity contribution in [2.75, 3.05) is 32.1 Å². The summed E-state index contributed by atoms with van der Waals surface area (Å²) in [4.78, 5) is 18.5. The first kappa shape index (κ1) is 18.8. The first-order valence-electron chi connectivity index (χ1n) is 9.68. The Morgan fingerprint density at radius 3 is 2.81 bits per heavy atom. The van der Waals surface area contributed by atoms with E-state index in [4.69, 9.17) is 4.74 Å². The van der Waals surface area contributed by atoms with Crippen LogP contribution in [0.25, 0.3) is 0 Å². The van der Waals surface area contributed by atoms with Crippen molar-refractivity contribution >= 4 is 15.7 Å². The van der Waals surface area contributed by atoms with Crippen molar-refractivity contribution in [3.8, 4) is 0 Å². The van der Waals surface area contributed by atoms with Crippen LogP contribution in [-0.4, -0.2) is 83.4 Å². The minimum atomic E-state index is -3.16. The highest BCUT2D eigenvalue weighted by molar-refractivity contribution is 7.92. The largest absolute Gasteiger partial charge is 0.381 e. The van der Waals surface area contributed by atoms with Crippen molar-refractivity contribution < 1.29 is 17.9 Å². The minimum Gasteiger partial charge on any atom is -0.381 e. The fraction of sp³-hybridized carbons (Fsp3) is 0.824. The smallest absolute Gasteiger partial charge is 0.220 e. The average molecular weight is 398 g/mol. The number of likely N-dealkylation sites (tertiary alicyclic amines) is 1. The van der Waals surface area contributed by atoms with Gasteiger partial charge in [0.15, 0.2) is 9.84 Å². The molecule has 1 amide bonds. The summed E-state index contributed by atoms with van der Waals surface area (Å²) in [7, 11) is -3.16. The number of sulfone groups is 1. The van der Waals surface area contributed by atoms with Gasteiger partial charge < -0.3 is 10.1 Å². The Hall–Kier alpha value is -1.52. The highest BCUT2D eigenvalue weighted by Gasteiger charge is 2.53. The zero-order valence-electron chi connectivity index (χ0n) is 15.4. The van der Waals surface area contributed by atoms with Gasteiger partial charge in [-0.2, -0.15) is 5.10 Å². The standard InChI is InChI=1S/C17H27N5O4S/c23-17(2-1-5-22-12-18-11-19-22)20-15-10-27(24,25)16-9-21(8-14(15)16)13-3-6-26-7-4-13/h11-16H,1-10H2,(H,20,23)/t14-,15+,16-/m0/s1. The van der Waals surface area contributed by atoms with E-state index in [2.05, 4.69) is 20.3 Å². The van der Waals surface area contributed by atoms with Crippen LogP contribution in [0.3, 0.4) is 0 Å². The van der Waals surface area contributed by atoms with Crippen LogP contribution in [0, 0.1) is 5.92 Å². The molecule has 0 radical (unpaired) electrons. The Balaban J connectivity index is 1.32. The zero-order valence-corrected chi connectivity index (χ0v) is 16.2. The van der Waals surface area contributed by atoms with Crippen LogP contribution in [-0.2, 0) is 25.9 Å². The summed E-state index contributed by atoms with van der Waals surface area (Å²) >= 11 is 0. The second-order valence-electron chi connectivity index (χ2n) is 7.77. The summed E-state index contributed by atoms with van der Waals surface area (Å²) in [6, 6.07) is 0.127. The van der Waals surface area contributed by atoms with Crippen LogP contribution in [0.2, 0.25) is 0 Å². The number of carbonyl (C=O) groups excluding carboxylic acids is 1. The van der Waals surface area contributed by atoms with Crippen LogP contribution < -0.4 is 5.32 Å². The van der Waals surface area contributed by atoms with Crippen LogP contribution in [0.15, 0.2) is 12.7 Å². The number of aryl methyl sites for hydroxylation is 1. The molecule has 150 valence electrons. The van der Waals surface area contributed by atoms with E-state index in [1.54, 1.807) is 11.0 Å². The van der Waals surface area contributed by atoms with E-state index in [1.807, 2.05) is 0 Å². The Labute approximate surface area is 159 Å². The lowest BCUT2D eigenvalue weighted by Crippen LogP contribution is -2.44. The molecule has 4 rings (SSSR count). The molecule has 1 N–H and O–H groups in total. The Bertz CT molecular complexity index is 747. The average Bonchev–Trinajstić information content (AvgIpc) is 3.35. The maximum Gasteiger partial charge on any atom is 0.220 e. The first-order valence-corrected chi connectivity index (χ1v) is 11.4. The van der Waals surface area contributed by atoms with Gasteiger partial charge in [-0.25, -0.2) is 13.4 Å². The van der Waals surface area contributed by atoms with Gasteiger partial charge in [0, 0.05) is 57.3 Å². The van der Waals surface area contributed by atoms with Crippen molar-refractivity contribution in [3.63, 3.8) is 0 Å². The first-order chi connectivity index (χ1) is 13.0. The Morgan fingerprint density at radius 2 is 2.07 bits per heavy atom. The predicted molar refractivity (Wildman–Crippen MR) is 97.7 cm³/mol. The quantitative estimate of drug-likeness (QED) is 0.686. The van der Waals surface area contributed by atoms with Gasteiger partial charge in [-0.3, -0.25) is 14.4 Å². The number of carbonyl (C=O) groups is 1. The maximum absolute atomic E-state index is 12.6. The fourth-order valence-electron chi connectivity index (χ4n) is 4.62. The number of rotatable bonds is 6. The molecule has 0 aromatic carbocycles. The van der Waals surface area contributed by atoms with Gasteiger partial charge in [0.1, 0.15) is 12.7 Å². The lowest BCUT2D eigenvalue weighted by atomic mass is 10.00. The summed E-state index contributed by atoms with van der Waals surface area (Å²) in [5.74, 6) is -0.0173. The SMILES string of the molecule is O=C(CCCn1cncn1)N[C@@H]1CS(=O)(=O)[C@H]2CN(C3CCOCC3)C[C@@H]12. The monoisotopic (exact) mass is 397 g/mol. The number of hydrogen-bond donors (Lipinski definition) is 1. The summed E-state index contributed by atoms with van der Waals surface area (Å²) in [5, 5.41) is 6.66. The van der Waals surface area contributed by atoms with E-state index < -0.39 is 9.84 Å². The second-order valence-corrected chi connectivity index (χ2v) is 10.0. The van der Waals surface area contributed by atoms with Gasteiger partial charge in [0.2, 0.25) is 5.91 Å². The molecule has 27 heavy (non-hydrogen) atoms. The molecule has 1 aromatic heterocycles. The molecule has 4 heterocycles. The van der Waals surface area contributed by atoms with E-state index in [1.165, 1.54) is 6.33 Å². The minimum absolute atomic E-state index is 0.00268. The molecule has 0 aliphatic carbocycles. The molecular formula is C17H27N5O4S. The maximum atomic E-state index is 12.6. The topological polar surface area (TPSA) is 106 Å². The Morgan fingerprint density at radius 1 is 1.26 bits per heavy atom. The number of aromatic nitrogens is 3. The van der Waals surface area contributed by atoms with Crippen LogP contribution in [0.1, 0.15) is 25.7 Å². The molecule has 3 aliphatic heterocycles. The second kappa shape index (κ2) is 7.84. The van der Waals surface area contributed by atoms with Gasteiger partial charge in [0.05, 0.1) is 11.0 Å². The molecule has 0 bridgehead atoms. The number of nitrogens with zero attached hydrogens (tertiary/aromatic N) is 4. The van der Waals surface area contributed by atoms with Crippen LogP contribution in [0.5, 0.6) is 0 Å². The number of ether oxygens (including phenoxy) is 1. The molecule has 1 aromatic rings. The van der Waals surface area contributed by atoms with Gasteiger partial charge in [-0.05, 0) is 19.3 Å². The third-order valence-electron chi connectivity index (χ3n) is 6.04.